The van der Waals surface area contributed by atoms with Crippen molar-refractivity contribution in [3.8, 4) is 5.75 Å². The minimum absolute atomic E-state index is 0.0903. The van der Waals surface area contributed by atoms with Crippen LogP contribution in [0.5, 0.6) is 5.75 Å². The highest BCUT2D eigenvalue weighted by molar-refractivity contribution is 5.25. The number of benzene rings is 1. The van der Waals surface area contributed by atoms with Crippen LogP contribution in [0.1, 0.15) is 38.7 Å². The molecule has 1 aromatic carbocycles. The van der Waals surface area contributed by atoms with Crippen molar-refractivity contribution in [1.82, 2.24) is 0 Å². The summed E-state index contributed by atoms with van der Waals surface area (Å²) in [6, 6.07) is 7.32. The van der Waals surface area contributed by atoms with E-state index in [0.717, 1.165) is 25.7 Å². The number of phenols is 1. The van der Waals surface area contributed by atoms with Gasteiger partial charge in [-0.3, -0.25) is 0 Å². The average Bonchev–Trinajstić information content (AvgIpc) is 2.37. The molecule has 0 saturated carbocycles. The quantitative estimate of drug-likeness (QED) is 0.891. The van der Waals surface area contributed by atoms with Gasteiger partial charge in [-0.2, -0.15) is 0 Å². The third-order valence-corrected chi connectivity index (χ3v) is 3.38. The van der Waals surface area contributed by atoms with Crippen molar-refractivity contribution in [3.63, 3.8) is 0 Å². The molecule has 3 unspecified atom stereocenters. The van der Waals surface area contributed by atoms with Crippen LogP contribution in [0.15, 0.2) is 24.3 Å². The number of hydrogen-bond acceptors (Lipinski definition) is 3. The van der Waals surface area contributed by atoms with Gasteiger partial charge in [0.05, 0.1) is 12.2 Å². The van der Waals surface area contributed by atoms with Gasteiger partial charge in [0.2, 0.25) is 0 Å². The predicted octanol–water partition coefficient (Wildman–Crippen LogP) is 3.25. The molecule has 2 rings (SSSR count). The molecule has 1 aliphatic rings. The van der Waals surface area contributed by atoms with Gasteiger partial charge in [0.1, 0.15) is 5.75 Å². The molecule has 18 heavy (non-hydrogen) atoms. The first-order valence-electron chi connectivity index (χ1n) is 6.76. The molecule has 1 N–H and O–H groups in total. The third-order valence-electron chi connectivity index (χ3n) is 3.38. The molecule has 1 saturated heterocycles. The van der Waals surface area contributed by atoms with Gasteiger partial charge in [-0.25, -0.2) is 0 Å². The molecule has 0 aromatic heterocycles. The van der Waals surface area contributed by atoms with Crippen LogP contribution in [-0.2, 0) is 15.9 Å². The summed E-state index contributed by atoms with van der Waals surface area (Å²) in [5, 5.41) is 9.23. The van der Waals surface area contributed by atoms with E-state index in [0.29, 0.717) is 11.9 Å². The number of hydrogen-bond donors (Lipinski definition) is 1. The lowest BCUT2D eigenvalue weighted by Gasteiger charge is -2.34. The number of ether oxygens (including phenoxy) is 2. The van der Waals surface area contributed by atoms with Gasteiger partial charge in [-0.05, 0) is 43.9 Å². The molecule has 1 aromatic rings. The van der Waals surface area contributed by atoms with Gasteiger partial charge in [-0.15, -0.1) is 0 Å². The van der Waals surface area contributed by atoms with Crippen molar-refractivity contribution in [2.45, 2.75) is 58.0 Å². The first kappa shape index (κ1) is 13.4. The average molecular weight is 250 g/mol. The normalized spacial score (nSPS) is 28.2. The minimum Gasteiger partial charge on any atom is -0.508 e. The Kier molecular flexibility index (Phi) is 4.61. The summed E-state index contributed by atoms with van der Waals surface area (Å²) in [7, 11) is 0. The molecule has 0 aliphatic carbocycles. The number of aryl methyl sites for hydroxylation is 1. The SMILES string of the molecule is CCC1CC(C)OC(CCc2ccc(O)cc2)O1. The smallest absolute Gasteiger partial charge is 0.158 e. The van der Waals surface area contributed by atoms with E-state index < -0.39 is 0 Å². The molecule has 3 nitrogen and oxygen atoms in total. The van der Waals surface area contributed by atoms with E-state index in [1.165, 1.54) is 5.56 Å². The van der Waals surface area contributed by atoms with Crippen LogP contribution in [0, 0.1) is 0 Å². The van der Waals surface area contributed by atoms with E-state index in [1.54, 1.807) is 12.1 Å². The van der Waals surface area contributed by atoms with Crippen LogP contribution in [0.3, 0.4) is 0 Å². The second kappa shape index (κ2) is 6.21. The van der Waals surface area contributed by atoms with E-state index in [4.69, 9.17) is 9.47 Å². The van der Waals surface area contributed by atoms with Crippen molar-refractivity contribution >= 4 is 0 Å². The Labute approximate surface area is 109 Å². The maximum atomic E-state index is 9.23. The van der Waals surface area contributed by atoms with Crippen LogP contribution in [-0.4, -0.2) is 23.6 Å². The first-order valence-corrected chi connectivity index (χ1v) is 6.76. The molecular formula is C15H22O3. The second-order valence-electron chi connectivity index (χ2n) is 4.98. The number of aromatic hydroxyl groups is 1. The molecule has 3 heteroatoms. The molecule has 1 fully saturated rings. The number of phenolic OH excluding ortho intramolecular Hbond substituents is 1. The molecule has 3 atom stereocenters. The number of rotatable bonds is 4. The Morgan fingerprint density at radius 3 is 2.61 bits per heavy atom. The highest BCUT2D eigenvalue weighted by atomic mass is 16.7. The van der Waals surface area contributed by atoms with Crippen LogP contribution in [0.4, 0.5) is 0 Å². The van der Waals surface area contributed by atoms with Crippen molar-refractivity contribution in [2.75, 3.05) is 0 Å². The summed E-state index contributed by atoms with van der Waals surface area (Å²) < 4.78 is 11.7. The van der Waals surface area contributed by atoms with E-state index >= 15 is 0 Å². The van der Waals surface area contributed by atoms with Crippen LogP contribution in [0.25, 0.3) is 0 Å². The van der Waals surface area contributed by atoms with Crippen molar-refractivity contribution in [3.05, 3.63) is 29.8 Å². The summed E-state index contributed by atoms with van der Waals surface area (Å²) >= 11 is 0. The molecule has 0 bridgehead atoms. The Morgan fingerprint density at radius 2 is 1.94 bits per heavy atom. The van der Waals surface area contributed by atoms with Crippen molar-refractivity contribution < 1.29 is 14.6 Å². The zero-order valence-electron chi connectivity index (χ0n) is 11.1. The zero-order valence-corrected chi connectivity index (χ0v) is 11.1. The predicted molar refractivity (Wildman–Crippen MR) is 70.5 cm³/mol. The standard InChI is InChI=1S/C15H22O3/c1-3-14-10-11(2)17-15(18-14)9-6-12-4-7-13(16)8-5-12/h4-5,7-8,11,14-16H,3,6,9-10H2,1-2H3. The maximum absolute atomic E-state index is 9.23. The molecule has 1 aliphatic heterocycles. The van der Waals surface area contributed by atoms with Gasteiger partial charge < -0.3 is 14.6 Å². The van der Waals surface area contributed by atoms with E-state index in [-0.39, 0.29) is 12.4 Å². The Bertz CT molecular complexity index is 361. The third kappa shape index (κ3) is 3.72. The van der Waals surface area contributed by atoms with E-state index in [9.17, 15) is 5.11 Å². The summed E-state index contributed by atoms with van der Waals surface area (Å²) in [6.45, 7) is 4.26. The lowest BCUT2D eigenvalue weighted by Crippen LogP contribution is -2.36. The molecule has 1 heterocycles. The van der Waals surface area contributed by atoms with Gasteiger partial charge >= 0.3 is 0 Å². The largest absolute Gasteiger partial charge is 0.508 e. The Morgan fingerprint density at radius 1 is 1.22 bits per heavy atom. The first-order chi connectivity index (χ1) is 8.67. The van der Waals surface area contributed by atoms with Crippen LogP contribution >= 0.6 is 0 Å². The van der Waals surface area contributed by atoms with E-state index in [1.807, 2.05) is 12.1 Å². The molecular weight excluding hydrogens is 228 g/mol. The van der Waals surface area contributed by atoms with Gasteiger partial charge in [-0.1, -0.05) is 19.1 Å². The molecule has 0 radical (unpaired) electrons. The highest BCUT2D eigenvalue weighted by Crippen LogP contribution is 2.23. The van der Waals surface area contributed by atoms with Crippen LogP contribution in [0.2, 0.25) is 0 Å². The van der Waals surface area contributed by atoms with Crippen molar-refractivity contribution in [1.29, 1.82) is 0 Å². The molecule has 100 valence electrons. The lowest BCUT2D eigenvalue weighted by molar-refractivity contribution is -0.240. The van der Waals surface area contributed by atoms with Crippen LogP contribution < -0.4 is 0 Å². The second-order valence-corrected chi connectivity index (χ2v) is 4.98. The zero-order chi connectivity index (χ0) is 13.0. The summed E-state index contributed by atoms with van der Waals surface area (Å²) in [4.78, 5) is 0. The fraction of sp³-hybridized carbons (Fsp3) is 0.600. The van der Waals surface area contributed by atoms with E-state index in [2.05, 4.69) is 13.8 Å². The topological polar surface area (TPSA) is 38.7 Å². The Hall–Kier alpha value is -1.06. The minimum atomic E-state index is -0.0903. The molecule has 0 amide bonds. The summed E-state index contributed by atoms with van der Waals surface area (Å²) in [6.07, 6.45) is 4.34. The fourth-order valence-corrected chi connectivity index (χ4v) is 2.33. The maximum Gasteiger partial charge on any atom is 0.158 e. The monoisotopic (exact) mass is 250 g/mol. The lowest BCUT2D eigenvalue weighted by atomic mass is 10.1. The highest BCUT2D eigenvalue weighted by Gasteiger charge is 2.26. The fourth-order valence-electron chi connectivity index (χ4n) is 2.33. The van der Waals surface area contributed by atoms with Gasteiger partial charge in [0.25, 0.3) is 0 Å². The molecule has 0 spiro atoms. The van der Waals surface area contributed by atoms with Gasteiger partial charge in [0.15, 0.2) is 6.29 Å². The van der Waals surface area contributed by atoms with Gasteiger partial charge in [0, 0.05) is 6.42 Å². The summed E-state index contributed by atoms with van der Waals surface area (Å²) in [5.41, 5.74) is 1.20. The van der Waals surface area contributed by atoms with Crippen molar-refractivity contribution in [2.24, 2.45) is 0 Å². The Balaban J connectivity index is 1.84. The summed E-state index contributed by atoms with van der Waals surface area (Å²) in [5.74, 6) is 0.309.